The van der Waals surface area contributed by atoms with Gasteiger partial charge >= 0.3 is 0 Å². The first-order valence-corrected chi connectivity index (χ1v) is 8.84. The molecule has 0 aliphatic carbocycles. The Morgan fingerprint density at radius 3 is 2.74 bits per heavy atom. The van der Waals surface area contributed by atoms with Gasteiger partial charge < -0.3 is 13.7 Å². The third kappa shape index (κ3) is 3.38. The molecule has 1 aliphatic rings. The molecule has 2 aromatic heterocycles. The molecule has 0 bridgehead atoms. The number of aromatic nitrogens is 3. The number of hydrogen-bond acceptors (Lipinski definition) is 7. The molecule has 1 saturated heterocycles. The van der Waals surface area contributed by atoms with Crippen LogP contribution in [0, 0.1) is 24.1 Å². The quantitative estimate of drug-likeness (QED) is 0.668. The number of anilines is 1. The highest BCUT2D eigenvalue weighted by Gasteiger charge is 2.28. The molecule has 0 saturated carbocycles. The number of rotatable bonds is 3. The summed E-state index contributed by atoms with van der Waals surface area (Å²) in [6.07, 6.45) is 1.49. The number of benzene rings is 1. The van der Waals surface area contributed by atoms with Crippen molar-refractivity contribution in [1.29, 1.82) is 5.26 Å². The largest absolute Gasteiger partial charge is 0.424 e. The van der Waals surface area contributed by atoms with Crippen LogP contribution in [0.15, 0.2) is 27.0 Å². The van der Waals surface area contributed by atoms with Gasteiger partial charge in [-0.15, -0.1) is 10.2 Å². The Kier molecular flexibility index (Phi) is 4.54. The van der Waals surface area contributed by atoms with Crippen LogP contribution in [0.3, 0.4) is 0 Å². The lowest BCUT2D eigenvalue weighted by Crippen LogP contribution is -2.33. The molecule has 1 aromatic carbocycles. The molecule has 9 heteroatoms. The fourth-order valence-electron chi connectivity index (χ4n) is 3.20. The molecule has 138 valence electrons. The zero-order chi connectivity index (χ0) is 19.0. The van der Waals surface area contributed by atoms with E-state index in [9.17, 15) is 9.65 Å². The average molecular weight is 388 g/mol. The SMILES string of the molecule is Cc1nc(C#N)c(N2CCC(c3nnc(-c4ccc(Cl)cc4F)o3)CC2)o1. The number of piperidine rings is 1. The summed E-state index contributed by atoms with van der Waals surface area (Å²) in [5.74, 6) is 1.15. The van der Waals surface area contributed by atoms with Crippen molar-refractivity contribution in [2.75, 3.05) is 18.0 Å². The Balaban J connectivity index is 1.47. The molecular weight excluding hydrogens is 373 g/mol. The molecule has 3 heterocycles. The van der Waals surface area contributed by atoms with Crippen molar-refractivity contribution in [3.8, 4) is 17.5 Å². The van der Waals surface area contributed by atoms with Gasteiger partial charge in [0.2, 0.25) is 17.5 Å². The van der Waals surface area contributed by atoms with Gasteiger partial charge in [0.1, 0.15) is 11.9 Å². The molecular formula is C18H15ClFN5O2. The van der Waals surface area contributed by atoms with E-state index in [2.05, 4.69) is 21.3 Å². The molecule has 27 heavy (non-hydrogen) atoms. The monoisotopic (exact) mass is 387 g/mol. The summed E-state index contributed by atoms with van der Waals surface area (Å²) < 4.78 is 25.3. The summed E-state index contributed by atoms with van der Waals surface area (Å²) in [4.78, 5) is 6.07. The maximum Gasteiger partial charge on any atom is 0.250 e. The Hall–Kier alpha value is -2.92. The van der Waals surface area contributed by atoms with E-state index in [4.69, 9.17) is 20.4 Å². The van der Waals surface area contributed by atoms with Gasteiger partial charge in [-0.1, -0.05) is 11.6 Å². The van der Waals surface area contributed by atoms with Gasteiger partial charge in [0.25, 0.3) is 5.89 Å². The standard InChI is InChI=1S/C18H15ClFN5O2/c1-10-22-15(9-21)18(26-10)25-6-4-11(5-7-25)16-23-24-17(27-16)13-3-2-12(19)8-14(13)20/h2-3,8,11H,4-7H2,1H3. The zero-order valence-electron chi connectivity index (χ0n) is 14.4. The van der Waals surface area contributed by atoms with Crippen molar-refractivity contribution in [1.82, 2.24) is 15.2 Å². The van der Waals surface area contributed by atoms with Crippen molar-refractivity contribution in [3.63, 3.8) is 0 Å². The lowest BCUT2D eigenvalue weighted by Gasteiger charge is -2.29. The maximum absolute atomic E-state index is 14.0. The summed E-state index contributed by atoms with van der Waals surface area (Å²) in [5.41, 5.74) is 0.524. The lowest BCUT2D eigenvalue weighted by molar-refractivity contribution is 0.386. The van der Waals surface area contributed by atoms with Crippen LogP contribution in [0.25, 0.3) is 11.5 Å². The van der Waals surface area contributed by atoms with E-state index in [1.807, 2.05) is 4.90 Å². The van der Waals surface area contributed by atoms with Crippen LogP contribution in [-0.4, -0.2) is 28.3 Å². The lowest BCUT2D eigenvalue weighted by atomic mass is 9.97. The number of nitrogens with zero attached hydrogens (tertiary/aromatic N) is 5. The minimum absolute atomic E-state index is 0.0624. The van der Waals surface area contributed by atoms with Gasteiger partial charge in [-0.2, -0.15) is 5.26 Å². The highest BCUT2D eigenvalue weighted by molar-refractivity contribution is 6.30. The first-order chi connectivity index (χ1) is 13.0. The molecule has 3 aromatic rings. The molecule has 0 N–H and O–H groups in total. The molecule has 1 aliphatic heterocycles. The second-order valence-electron chi connectivity index (χ2n) is 6.33. The van der Waals surface area contributed by atoms with Crippen LogP contribution in [0.4, 0.5) is 10.3 Å². The van der Waals surface area contributed by atoms with Crippen molar-refractivity contribution >= 4 is 17.5 Å². The van der Waals surface area contributed by atoms with Gasteiger partial charge in [-0.05, 0) is 31.0 Å². The molecule has 0 spiro atoms. The van der Waals surface area contributed by atoms with Crippen molar-refractivity contribution in [2.24, 2.45) is 0 Å². The van der Waals surface area contributed by atoms with E-state index in [-0.39, 0.29) is 17.4 Å². The summed E-state index contributed by atoms with van der Waals surface area (Å²) in [6, 6.07) is 6.37. The predicted octanol–water partition coefficient (Wildman–Crippen LogP) is 4.08. The Bertz CT molecular complexity index is 1020. The molecule has 1 fully saturated rings. The van der Waals surface area contributed by atoms with Crippen molar-refractivity contribution in [3.05, 3.63) is 46.5 Å². The number of oxazole rings is 1. The minimum atomic E-state index is -0.503. The maximum atomic E-state index is 14.0. The van der Waals surface area contributed by atoms with Gasteiger partial charge in [-0.3, -0.25) is 0 Å². The molecule has 4 rings (SSSR count). The van der Waals surface area contributed by atoms with Crippen molar-refractivity contribution < 1.29 is 13.2 Å². The minimum Gasteiger partial charge on any atom is -0.424 e. The number of aryl methyl sites for hydroxylation is 1. The van der Waals surface area contributed by atoms with Gasteiger partial charge in [0.15, 0.2) is 5.89 Å². The third-order valence-corrected chi connectivity index (χ3v) is 4.79. The predicted molar refractivity (Wildman–Crippen MR) is 94.8 cm³/mol. The van der Waals surface area contributed by atoms with Crippen LogP contribution in [0.5, 0.6) is 0 Å². The number of halogens is 2. The topological polar surface area (TPSA) is 92.0 Å². The highest BCUT2D eigenvalue weighted by Crippen LogP contribution is 2.33. The van der Waals surface area contributed by atoms with Crippen LogP contribution in [-0.2, 0) is 0 Å². The van der Waals surface area contributed by atoms with E-state index in [0.717, 1.165) is 12.8 Å². The molecule has 7 nitrogen and oxygen atoms in total. The molecule has 0 amide bonds. The normalized spacial score (nSPS) is 15.1. The van der Waals surface area contributed by atoms with Gasteiger partial charge in [-0.25, -0.2) is 9.37 Å². The first-order valence-electron chi connectivity index (χ1n) is 8.46. The average Bonchev–Trinajstić information content (AvgIpc) is 3.28. The van der Waals surface area contributed by atoms with Crippen LogP contribution < -0.4 is 4.90 Å². The van der Waals surface area contributed by atoms with Crippen molar-refractivity contribution in [2.45, 2.75) is 25.7 Å². The second-order valence-corrected chi connectivity index (χ2v) is 6.77. The summed E-state index contributed by atoms with van der Waals surface area (Å²) in [6.45, 7) is 3.05. The van der Waals surface area contributed by atoms with E-state index in [0.29, 0.717) is 41.5 Å². The third-order valence-electron chi connectivity index (χ3n) is 4.56. The number of nitriles is 1. The van der Waals surface area contributed by atoms with Crippen LogP contribution >= 0.6 is 11.6 Å². The number of hydrogen-bond donors (Lipinski definition) is 0. The molecule has 0 atom stereocenters. The molecule has 0 radical (unpaired) electrons. The van der Waals surface area contributed by atoms with E-state index in [1.54, 1.807) is 13.0 Å². The molecule has 0 unspecified atom stereocenters. The van der Waals surface area contributed by atoms with Crippen LogP contribution in [0.2, 0.25) is 5.02 Å². The summed E-state index contributed by atoms with van der Waals surface area (Å²) >= 11 is 5.78. The fourth-order valence-corrected chi connectivity index (χ4v) is 3.36. The van der Waals surface area contributed by atoms with Gasteiger partial charge in [0.05, 0.1) is 5.56 Å². The van der Waals surface area contributed by atoms with E-state index in [1.165, 1.54) is 12.1 Å². The van der Waals surface area contributed by atoms with Gasteiger partial charge in [0, 0.05) is 31.0 Å². The van der Waals surface area contributed by atoms with E-state index < -0.39 is 5.82 Å². The first kappa shape index (κ1) is 17.5. The Morgan fingerprint density at radius 1 is 1.26 bits per heavy atom. The summed E-state index contributed by atoms with van der Waals surface area (Å²) in [5, 5.41) is 17.5. The van der Waals surface area contributed by atoms with Crippen LogP contribution in [0.1, 0.15) is 36.2 Å². The highest BCUT2D eigenvalue weighted by atomic mass is 35.5. The Morgan fingerprint density at radius 2 is 2.04 bits per heavy atom. The summed E-state index contributed by atoms with van der Waals surface area (Å²) in [7, 11) is 0. The smallest absolute Gasteiger partial charge is 0.250 e. The zero-order valence-corrected chi connectivity index (χ0v) is 15.2. The Labute approximate surface area is 159 Å². The van der Waals surface area contributed by atoms with E-state index >= 15 is 0 Å². The fraction of sp³-hybridized carbons (Fsp3) is 0.333. The second kappa shape index (κ2) is 7.00.